The van der Waals surface area contributed by atoms with Gasteiger partial charge in [0.2, 0.25) is 41.4 Å². The molecule has 7 amide bonds. The number of primary amides is 1. The number of nitrogens with two attached hydrogens (primary N) is 1. The number of rotatable bonds is 15. The minimum atomic E-state index is -1.07. The molecule has 360 valence electrons. The Kier molecular flexibility index (Phi) is 14.9. The van der Waals surface area contributed by atoms with E-state index >= 15 is 0 Å². The summed E-state index contributed by atoms with van der Waals surface area (Å²) in [4.78, 5) is 109. The Labute approximate surface area is 396 Å². The Morgan fingerprint density at radius 1 is 0.794 bits per heavy atom. The standard InChI is InChI=1S/C52H64N8O8/c1-32-31-58(46(63)15-9-10-33-16-18-34(19-17-33)37-20-23-40-43(30-37)57(2)52(68)60(40)42-25-27-45(62)55-50(42)66)29-28-38-21-24-41(59(38)51(32)67)49(65)54-39(22-26-44(53)61)48(64)56-47(35-11-5-3-6-12-35)36-13-7-4-8-14-36/h3-8,11-14,20,23,30,32-34,38-39,41-42,47H,9-10,15-19,21-22,24-29,31H2,1-2H3,(H2,53,61)(H,54,65)(H,56,64)(H,55,62,66)/t32-,33-,34-,38+,39-,41-,42?/m0/s1. The lowest BCUT2D eigenvalue weighted by molar-refractivity contribution is -0.147. The lowest BCUT2D eigenvalue weighted by Gasteiger charge is -2.38. The van der Waals surface area contributed by atoms with Crippen LogP contribution in [0.4, 0.5) is 0 Å². The van der Waals surface area contributed by atoms with Gasteiger partial charge in [-0.25, -0.2) is 4.79 Å². The first-order chi connectivity index (χ1) is 32.8. The van der Waals surface area contributed by atoms with Crippen LogP contribution in [-0.2, 0) is 40.6 Å². The second-order valence-corrected chi connectivity index (χ2v) is 19.4. The number of piperidine rings is 1. The predicted octanol–water partition coefficient (Wildman–Crippen LogP) is 4.65. The van der Waals surface area contributed by atoms with E-state index in [-0.39, 0.29) is 55.3 Å². The summed E-state index contributed by atoms with van der Waals surface area (Å²) in [6.07, 6.45) is 8.08. The van der Waals surface area contributed by atoms with Crippen molar-refractivity contribution in [3.8, 4) is 0 Å². The van der Waals surface area contributed by atoms with Crippen molar-refractivity contribution in [2.75, 3.05) is 13.1 Å². The molecule has 0 bridgehead atoms. The molecule has 3 aliphatic heterocycles. The Balaban J connectivity index is 0.824. The van der Waals surface area contributed by atoms with E-state index in [9.17, 15) is 38.4 Å². The molecule has 5 atom stereocenters. The Morgan fingerprint density at radius 3 is 2.15 bits per heavy atom. The van der Waals surface area contributed by atoms with Gasteiger partial charge < -0.3 is 26.2 Å². The van der Waals surface area contributed by atoms with Crippen molar-refractivity contribution >= 4 is 52.4 Å². The Bertz CT molecular complexity index is 2550. The van der Waals surface area contributed by atoms with E-state index in [0.717, 1.165) is 55.2 Å². The van der Waals surface area contributed by atoms with Crippen molar-refractivity contribution in [3.05, 3.63) is 106 Å². The normalized spacial score (nSPS) is 23.7. The molecule has 3 aromatic carbocycles. The zero-order valence-electron chi connectivity index (χ0n) is 39.1. The number of benzene rings is 3. The van der Waals surface area contributed by atoms with E-state index in [1.54, 1.807) is 23.4 Å². The van der Waals surface area contributed by atoms with Gasteiger partial charge in [-0.2, -0.15) is 0 Å². The summed E-state index contributed by atoms with van der Waals surface area (Å²) in [6, 6.07) is 21.7. The number of aryl methyl sites for hydroxylation is 1. The lowest BCUT2D eigenvalue weighted by atomic mass is 9.77. The van der Waals surface area contributed by atoms with Crippen molar-refractivity contribution < 1.29 is 33.6 Å². The monoisotopic (exact) mass is 928 g/mol. The van der Waals surface area contributed by atoms with Gasteiger partial charge in [0.1, 0.15) is 18.1 Å². The lowest BCUT2D eigenvalue weighted by Crippen LogP contribution is -2.57. The molecule has 16 heteroatoms. The number of fused-ring (bicyclic) bond motifs is 2. The maximum atomic E-state index is 14.1. The molecule has 1 unspecified atom stereocenters. The molecule has 5 N–H and O–H groups in total. The third-order valence-corrected chi connectivity index (χ3v) is 14.9. The fourth-order valence-electron chi connectivity index (χ4n) is 11.1. The van der Waals surface area contributed by atoms with Crippen LogP contribution in [0.1, 0.15) is 132 Å². The van der Waals surface area contributed by atoms with Gasteiger partial charge in [0.15, 0.2) is 0 Å². The first-order valence-electron chi connectivity index (χ1n) is 24.4. The zero-order valence-corrected chi connectivity index (χ0v) is 39.1. The second kappa shape index (κ2) is 21.2. The van der Waals surface area contributed by atoms with Crippen LogP contribution in [0.15, 0.2) is 83.7 Å². The Hall–Kier alpha value is -6.58. The van der Waals surface area contributed by atoms with Crippen molar-refractivity contribution in [1.29, 1.82) is 0 Å². The van der Waals surface area contributed by atoms with E-state index in [4.69, 9.17) is 5.73 Å². The smallest absolute Gasteiger partial charge is 0.329 e. The molecule has 68 heavy (non-hydrogen) atoms. The van der Waals surface area contributed by atoms with Crippen LogP contribution in [0.5, 0.6) is 0 Å². The highest BCUT2D eigenvalue weighted by atomic mass is 16.2. The summed E-state index contributed by atoms with van der Waals surface area (Å²) in [5, 5.41) is 8.34. The molecule has 4 aromatic rings. The molecule has 16 nitrogen and oxygen atoms in total. The summed E-state index contributed by atoms with van der Waals surface area (Å²) in [5.74, 6) is -2.13. The number of carbonyl (C=O) groups excluding carboxylic acids is 7. The second-order valence-electron chi connectivity index (χ2n) is 19.4. The number of imide groups is 1. The van der Waals surface area contributed by atoms with Crippen LogP contribution in [0, 0.1) is 11.8 Å². The van der Waals surface area contributed by atoms with Crippen LogP contribution in [0.25, 0.3) is 11.0 Å². The number of nitrogens with one attached hydrogen (secondary N) is 3. The molecule has 0 radical (unpaired) electrons. The van der Waals surface area contributed by atoms with E-state index in [1.165, 1.54) is 10.1 Å². The van der Waals surface area contributed by atoms with Gasteiger partial charge in [-0.3, -0.25) is 48.0 Å². The number of amides is 7. The number of nitrogens with zero attached hydrogens (tertiary/aromatic N) is 4. The van der Waals surface area contributed by atoms with Gasteiger partial charge in [-0.1, -0.05) is 73.7 Å². The average molecular weight is 929 g/mol. The summed E-state index contributed by atoms with van der Waals surface area (Å²) >= 11 is 0. The van der Waals surface area contributed by atoms with Crippen LogP contribution >= 0.6 is 0 Å². The van der Waals surface area contributed by atoms with Crippen LogP contribution in [-0.4, -0.2) is 91.5 Å². The van der Waals surface area contributed by atoms with Gasteiger partial charge in [-0.05, 0) is 111 Å². The molecule has 4 aliphatic rings. The van der Waals surface area contributed by atoms with E-state index < -0.39 is 53.7 Å². The van der Waals surface area contributed by atoms with Crippen LogP contribution in [0.2, 0.25) is 0 Å². The number of imidazole rings is 1. The van der Waals surface area contributed by atoms with Gasteiger partial charge in [0.25, 0.3) is 0 Å². The first-order valence-corrected chi connectivity index (χ1v) is 24.4. The quantitative estimate of drug-likeness (QED) is 0.123. The molecular weight excluding hydrogens is 865 g/mol. The van der Waals surface area contributed by atoms with Crippen LogP contribution < -0.4 is 27.4 Å². The summed E-state index contributed by atoms with van der Waals surface area (Å²) in [5.41, 5.74) is 9.54. The topological polar surface area (TPSA) is 215 Å². The van der Waals surface area contributed by atoms with Gasteiger partial charge in [-0.15, -0.1) is 0 Å². The number of hydrogen-bond donors (Lipinski definition) is 4. The van der Waals surface area contributed by atoms with Gasteiger partial charge in [0.05, 0.1) is 23.0 Å². The molecule has 8 rings (SSSR count). The first kappa shape index (κ1) is 47.9. The van der Waals surface area contributed by atoms with Crippen molar-refractivity contribution in [1.82, 2.24) is 34.9 Å². The van der Waals surface area contributed by atoms with E-state index in [0.29, 0.717) is 56.0 Å². The number of aromatic nitrogens is 2. The summed E-state index contributed by atoms with van der Waals surface area (Å²) < 4.78 is 3.09. The summed E-state index contributed by atoms with van der Waals surface area (Å²) in [7, 11) is 1.72. The maximum Gasteiger partial charge on any atom is 0.329 e. The SMILES string of the molecule is C[C@H]1CN(C(=O)CCC[C@H]2CC[C@H](c3ccc4c(c3)n(C)c(=O)n4C3CCC(=O)NC3=O)CC2)CC[C@H]2CC[C@@H](C(=O)N[C@@H](CCC(N)=O)C(=O)NC(c3ccccc3)c3ccccc3)N2C1=O. The highest BCUT2D eigenvalue weighted by Gasteiger charge is 2.45. The molecule has 1 saturated carbocycles. The zero-order chi connectivity index (χ0) is 48.1. The highest BCUT2D eigenvalue weighted by Crippen LogP contribution is 2.39. The molecular formula is C52H64N8O8. The average Bonchev–Trinajstić information content (AvgIpc) is 3.87. The molecule has 1 aliphatic carbocycles. The molecule has 1 aromatic heterocycles. The van der Waals surface area contributed by atoms with Crippen molar-refractivity contribution in [2.24, 2.45) is 24.6 Å². The van der Waals surface area contributed by atoms with Gasteiger partial charge in [0, 0.05) is 45.4 Å². The highest BCUT2D eigenvalue weighted by molar-refractivity contribution is 6.00. The molecule has 0 spiro atoms. The van der Waals surface area contributed by atoms with Gasteiger partial charge >= 0.3 is 5.69 Å². The molecule has 4 heterocycles. The molecule has 3 saturated heterocycles. The van der Waals surface area contributed by atoms with Crippen molar-refractivity contribution in [2.45, 2.75) is 133 Å². The van der Waals surface area contributed by atoms with E-state index in [2.05, 4.69) is 28.1 Å². The summed E-state index contributed by atoms with van der Waals surface area (Å²) in [6.45, 7) is 2.55. The largest absolute Gasteiger partial charge is 0.370 e. The Morgan fingerprint density at radius 2 is 1.49 bits per heavy atom. The molecule has 4 fully saturated rings. The number of carbonyl (C=O) groups is 7. The van der Waals surface area contributed by atoms with Crippen molar-refractivity contribution in [3.63, 3.8) is 0 Å². The van der Waals surface area contributed by atoms with E-state index in [1.807, 2.05) is 71.6 Å². The third kappa shape index (κ3) is 10.6. The predicted molar refractivity (Wildman–Crippen MR) is 254 cm³/mol. The fourth-order valence-corrected chi connectivity index (χ4v) is 11.1. The number of hydrogen-bond acceptors (Lipinski definition) is 8. The minimum absolute atomic E-state index is 0.00464. The fraction of sp³-hybridized carbons (Fsp3) is 0.500. The maximum absolute atomic E-state index is 14.1. The van der Waals surface area contributed by atoms with Crippen LogP contribution in [0.3, 0.4) is 0 Å². The third-order valence-electron chi connectivity index (χ3n) is 14.9. The minimum Gasteiger partial charge on any atom is -0.370 e.